The number of rotatable bonds is 6. The number of hydrogen-bond donors (Lipinski definition) is 1. The van der Waals surface area contributed by atoms with Crippen molar-refractivity contribution in [2.45, 2.75) is 11.6 Å². The number of methoxy groups -OCH3 is 2. The molecule has 10 heteroatoms. The molecule has 27 heavy (non-hydrogen) atoms. The summed E-state index contributed by atoms with van der Waals surface area (Å²) >= 11 is 5.37. The van der Waals surface area contributed by atoms with Crippen molar-refractivity contribution >= 4 is 22.2 Å². The monoisotopic (exact) mass is 413 g/mol. The zero-order valence-corrected chi connectivity index (χ0v) is 17.3. The quantitative estimate of drug-likeness (QED) is 0.682. The normalized spacial score (nSPS) is 16.4. The molecule has 1 fully saturated rings. The van der Waals surface area contributed by atoms with E-state index in [1.54, 1.807) is 12.1 Å². The van der Waals surface area contributed by atoms with Crippen LogP contribution in [0.3, 0.4) is 0 Å². The minimum Gasteiger partial charge on any atom is -0.497 e. The number of sulfonamides is 1. The van der Waals surface area contributed by atoms with Gasteiger partial charge in [-0.15, -0.1) is 0 Å². The van der Waals surface area contributed by atoms with Crippen LogP contribution in [0, 0.1) is 4.77 Å². The molecule has 148 valence electrons. The molecular formula is C17H25N4O4S2+. The third-order valence-electron chi connectivity index (χ3n) is 4.83. The second-order valence-corrected chi connectivity index (χ2v) is 8.76. The maximum Gasteiger partial charge on any atom is 0.247 e. The van der Waals surface area contributed by atoms with Gasteiger partial charge in [0.05, 0.1) is 40.4 Å². The first-order valence-corrected chi connectivity index (χ1v) is 10.5. The molecule has 0 radical (unpaired) electrons. The van der Waals surface area contributed by atoms with Gasteiger partial charge in [0.25, 0.3) is 0 Å². The number of aryl methyl sites for hydroxylation is 1. The molecule has 1 saturated heterocycles. The zero-order valence-electron chi connectivity index (χ0n) is 15.7. The van der Waals surface area contributed by atoms with E-state index in [4.69, 9.17) is 21.7 Å². The average molecular weight is 414 g/mol. The largest absolute Gasteiger partial charge is 0.497 e. The molecule has 0 unspecified atom stereocenters. The fourth-order valence-electron chi connectivity index (χ4n) is 3.20. The lowest BCUT2D eigenvalue weighted by Gasteiger charge is -2.31. The molecule has 1 aromatic carbocycles. The smallest absolute Gasteiger partial charge is 0.247 e. The van der Waals surface area contributed by atoms with E-state index < -0.39 is 10.0 Å². The Labute approximate surface area is 164 Å². The third-order valence-corrected chi connectivity index (χ3v) is 7.27. The Morgan fingerprint density at radius 1 is 1.15 bits per heavy atom. The van der Waals surface area contributed by atoms with Crippen LogP contribution in [0.5, 0.6) is 11.5 Å². The van der Waals surface area contributed by atoms with Gasteiger partial charge in [-0.25, -0.2) is 8.42 Å². The van der Waals surface area contributed by atoms with Crippen LogP contribution in [0.15, 0.2) is 35.5 Å². The van der Waals surface area contributed by atoms with Crippen molar-refractivity contribution in [3.05, 3.63) is 35.4 Å². The lowest BCUT2D eigenvalue weighted by molar-refractivity contribution is -0.926. The number of imidazole rings is 1. The van der Waals surface area contributed by atoms with Crippen LogP contribution in [0.1, 0.15) is 0 Å². The molecule has 3 rings (SSSR count). The van der Waals surface area contributed by atoms with Gasteiger partial charge in [0.2, 0.25) is 10.0 Å². The SMILES string of the molecule is COc1ccc(OC)c(S(=O)(=O)N2CC[NH+](Cn3ccn(C)c3=S)CC2)c1. The third kappa shape index (κ3) is 4.03. The van der Waals surface area contributed by atoms with Crippen molar-refractivity contribution in [2.75, 3.05) is 40.4 Å². The second kappa shape index (κ2) is 8.01. The summed E-state index contributed by atoms with van der Waals surface area (Å²) in [6.07, 6.45) is 3.89. The molecule has 0 bridgehead atoms. The molecule has 0 spiro atoms. The summed E-state index contributed by atoms with van der Waals surface area (Å²) < 4.78 is 42.8. The highest BCUT2D eigenvalue weighted by molar-refractivity contribution is 7.89. The molecule has 1 aliphatic rings. The van der Waals surface area contributed by atoms with Crippen LogP contribution in [-0.4, -0.2) is 62.3 Å². The lowest BCUT2D eigenvalue weighted by Crippen LogP contribution is -3.14. The van der Waals surface area contributed by atoms with Crippen LogP contribution < -0.4 is 14.4 Å². The fraction of sp³-hybridized carbons (Fsp3) is 0.471. The number of hydrogen-bond acceptors (Lipinski definition) is 5. The van der Waals surface area contributed by atoms with E-state index in [9.17, 15) is 8.42 Å². The van der Waals surface area contributed by atoms with E-state index in [2.05, 4.69) is 0 Å². The first-order chi connectivity index (χ1) is 12.9. The summed E-state index contributed by atoms with van der Waals surface area (Å²) in [5.74, 6) is 0.804. The number of piperazine rings is 1. The predicted octanol–water partition coefficient (Wildman–Crippen LogP) is 0.120. The molecule has 2 aromatic rings. The van der Waals surface area contributed by atoms with Crippen LogP contribution >= 0.6 is 12.2 Å². The summed E-state index contributed by atoms with van der Waals surface area (Å²) in [6, 6.07) is 4.81. The number of ether oxygens (including phenoxy) is 2. The Morgan fingerprint density at radius 3 is 2.41 bits per heavy atom. The molecule has 0 atom stereocenters. The minimum atomic E-state index is -3.65. The topological polar surface area (TPSA) is 70.1 Å². The molecule has 0 saturated carbocycles. The summed E-state index contributed by atoms with van der Waals surface area (Å²) in [4.78, 5) is 1.43. The standard InChI is InChI=1S/C17H24N4O4S2/c1-18-6-9-20(17(18)26)13-19-7-10-21(11-8-19)27(22,23)16-12-14(24-2)4-5-15(16)25-3/h4-6,9,12H,7-8,10-11,13H2,1-3H3/p+1. The fourth-order valence-corrected chi connectivity index (χ4v) is 5.00. The van der Waals surface area contributed by atoms with E-state index in [-0.39, 0.29) is 4.90 Å². The highest BCUT2D eigenvalue weighted by Crippen LogP contribution is 2.30. The predicted molar refractivity (Wildman–Crippen MR) is 103 cm³/mol. The van der Waals surface area contributed by atoms with Crippen molar-refractivity contribution in [3.8, 4) is 11.5 Å². The van der Waals surface area contributed by atoms with Gasteiger partial charge < -0.3 is 18.9 Å². The second-order valence-electron chi connectivity index (χ2n) is 6.49. The molecule has 1 aliphatic heterocycles. The number of benzene rings is 1. The first kappa shape index (κ1) is 19.9. The van der Waals surface area contributed by atoms with Gasteiger partial charge in [-0.1, -0.05) is 0 Å². The zero-order chi connectivity index (χ0) is 19.6. The Morgan fingerprint density at radius 2 is 1.85 bits per heavy atom. The Hall–Kier alpha value is -1.88. The van der Waals surface area contributed by atoms with Crippen molar-refractivity contribution in [2.24, 2.45) is 7.05 Å². The average Bonchev–Trinajstić information content (AvgIpc) is 3.00. The van der Waals surface area contributed by atoms with Crippen molar-refractivity contribution in [3.63, 3.8) is 0 Å². The summed E-state index contributed by atoms with van der Waals surface area (Å²) in [6.45, 7) is 3.04. The Bertz CT molecular complexity index is 960. The number of aromatic nitrogens is 2. The number of nitrogens with one attached hydrogen (secondary N) is 1. The van der Waals surface area contributed by atoms with Crippen LogP contribution in [0.25, 0.3) is 0 Å². The van der Waals surface area contributed by atoms with Gasteiger partial charge in [0.1, 0.15) is 16.4 Å². The Balaban J connectivity index is 1.73. The summed E-state index contributed by atoms with van der Waals surface area (Å²) in [5, 5.41) is 0. The van der Waals surface area contributed by atoms with Gasteiger partial charge in [0.15, 0.2) is 11.4 Å². The first-order valence-electron chi connectivity index (χ1n) is 8.64. The summed E-state index contributed by atoms with van der Waals surface area (Å²) in [5.41, 5.74) is 0. The van der Waals surface area contributed by atoms with Crippen molar-refractivity contribution < 1.29 is 22.8 Å². The van der Waals surface area contributed by atoms with Gasteiger partial charge in [-0.05, 0) is 24.4 Å². The van der Waals surface area contributed by atoms with E-state index in [0.29, 0.717) is 37.7 Å². The van der Waals surface area contributed by atoms with Crippen molar-refractivity contribution in [1.29, 1.82) is 0 Å². The summed E-state index contributed by atoms with van der Waals surface area (Å²) in [7, 11) is 1.24. The number of nitrogens with zero attached hydrogens (tertiary/aromatic N) is 3. The number of quaternary nitrogens is 1. The Kier molecular flexibility index (Phi) is 5.89. The molecular weight excluding hydrogens is 388 g/mol. The van der Waals surface area contributed by atoms with Gasteiger partial charge in [-0.2, -0.15) is 4.31 Å². The maximum atomic E-state index is 13.1. The minimum absolute atomic E-state index is 0.137. The molecule has 1 N–H and O–H groups in total. The lowest BCUT2D eigenvalue weighted by atomic mass is 10.3. The van der Waals surface area contributed by atoms with Gasteiger partial charge in [-0.3, -0.25) is 4.57 Å². The van der Waals surface area contributed by atoms with E-state index in [1.165, 1.54) is 29.5 Å². The molecule has 1 aromatic heterocycles. The highest BCUT2D eigenvalue weighted by atomic mass is 32.2. The van der Waals surface area contributed by atoms with E-state index >= 15 is 0 Å². The molecule has 0 aliphatic carbocycles. The maximum absolute atomic E-state index is 13.1. The highest BCUT2D eigenvalue weighted by Gasteiger charge is 2.33. The van der Waals surface area contributed by atoms with Gasteiger partial charge in [0, 0.05) is 25.5 Å². The molecule has 0 amide bonds. The van der Waals surface area contributed by atoms with E-state index in [0.717, 1.165) is 11.4 Å². The van der Waals surface area contributed by atoms with Crippen molar-refractivity contribution in [1.82, 2.24) is 13.4 Å². The van der Waals surface area contributed by atoms with Crippen LogP contribution in [-0.2, 0) is 23.7 Å². The van der Waals surface area contributed by atoms with Crippen LogP contribution in [0.4, 0.5) is 0 Å². The van der Waals surface area contributed by atoms with E-state index in [1.807, 2.05) is 28.6 Å². The van der Waals surface area contributed by atoms with Gasteiger partial charge >= 0.3 is 0 Å². The molecule has 2 heterocycles. The molecule has 8 nitrogen and oxygen atoms in total. The van der Waals surface area contributed by atoms with Crippen LogP contribution in [0.2, 0.25) is 0 Å².